The van der Waals surface area contributed by atoms with E-state index in [0.717, 1.165) is 18.9 Å². The monoisotopic (exact) mass is 444 g/mol. The average molecular weight is 444 g/mol. The highest BCUT2D eigenvalue weighted by atomic mass is 32.2. The van der Waals surface area contributed by atoms with Crippen LogP contribution in [-0.4, -0.2) is 29.0 Å². The number of hydrogen-bond acceptors (Lipinski definition) is 7. The number of aryl methyl sites for hydroxylation is 1. The van der Waals surface area contributed by atoms with Crippen LogP contribution in [0.3, 0.4) is 0 Å². The highest BCUT2D eigenvalue weighted by Gasteiger charge is 2.20. The normalized spacial score (nSPS) is 11.1. The number of nitrogens with zero attached hydrogens (tertiary/aromatic N) is 3. The molecule has 0 bridgehead atoms. The lowest BCUT2D eigenvalue weighted by atomic mass is 10.2. The van der Waals surface area contributed by atoms with Crippen LogP contribution in [0.4, 0.5) is 11.5 Å². The number of nitro benzene ring substituents is 1. The standard InChI is InChI=1S/C20H20N4O6S/c1-2-3-13-23-19(11-12-21-23)22-20(25)15-7-9-17(10-8-15)30-31(28,29)18-6-4-5-16(14-18)24(26)27/h4-12,14H,2-3,13H2,1H3,(H,22,25). The summed E-state index contributed by atoms with van der Waals surface area (Å²) in [6.07, 6.45) is 3.52. The minimum absolute atomic E-state index is 0.0314. The van der Waals surface area contributed by atoms with Crippen LogP contribution in [0.1, 0.15) is 30.1 Å². The molecule has 0 aliphatic heterocycles. The summed E-state index contributed by atoms with van der Waals surface area (Å²) in [6, 6.07) is 11.7. The van der Waals surface area contributed by atoms with E-state index in [1.165, 1.54) is 42.5 Å². The number of aromatic nitrogens is 2. The van der Waals surface area contributed by atoms with Crippen molar-refractivity contribution in [2.24, 2.45) is 0 Å². The fourth-order valence-corrected chi connectivity index (χ4v) is 3.67. The largest absolute Gasteiger partial charge is 0.379 e. The number of non-ortho nitro benzene ring substituents is 1. The fourth-order valence-electron chi connectivity index (χ4n) is 2.70. The number of carbonyl (C=O) groups is 1. The van der Waals surface area contributed by atoms with E-state index >= 15 is 0 Å². The Morgan fingerprint density at radius 3 is 2.61 bits per heavy atom. The molecule has 0 aliphatic carbocycles. The topological polar surface area (TPSA) is 133 Å². The SMILES string of the molecule is CCCCn1nccc1NC(=O)c1ccc(OS(=O)(=O)c2cccc([N+](=O)[O-])c2)cc1. The maximum atomic E-state index is 12.5. The molecule has 0 atom stereocenters. The third-order valence-electron chi connectivity index (χ3n) is 4.32. The van der Waals surface area contributed by atoms with Crippen LogP contribution in [-0.2, 0) is 16.7 Å². The van der Waals surface area contributed by atoms with Gasteiger partial charge in [-0.2, -0.15) is 13.5 Å². The van der Waals surface area contributed by atoms with Gasteiger partial charge in [-0.25, -0.2) is 4.68 Å². The first-order valence-corrected chi connectivity index (χ1v) is 10.8. The van der Waals surface area contributed by atoms with Crippen LogP contribution in [0.25, 0.3) is 0 Å². The van der Waals surface area contributed by atoms with Crippen molar-refractivity contribution < 1.29 is 22.3 Å². The molecular weight excluding hydrogens is 424 g/mol. The fraction of sp³-hybridized carbons (Fsp3) is 0.200. The van der Waals surface area contributed by atoms with Crippen LogP contribution in [0.5, 0.6) is 5.75 Å². The average Bonchev–Trinajstić information content (AvgIpc) is 3.19. The summed E-state index contributed by atoms with van der Waals surface area (Å²) in [5.74, 6) is 0.148. The summed E-state index contributed by atoms with van der Waals surface area (Å²) in [6.45, 7) is 2.74. The third-order valence-corrected chi connectivity index (χ3v) is 5.56. The Morgan fingerprint density at radius 1 is 1.19 bits per heavy atom. The Hall–Kier alpha value is -3.73. The van der Waals surface area contributed by atoms with Gasteiger partial charge in [-0.3, -0.25) is 14.9 Å². The van der Waals surface area contributed by atoms with Gasteiger partial charge >= 0.3 is 10.1 Å². The highest BCUT2D eigenvalue weighted by Crippen LogP contribution is 2.22. The molecule has 1 amide bonds. The van der Waals surface area contributed by atoms with E-state index in [2.05, 4.69) is 17.3 Å². The Kier molecular flexibility index (Phi) is 6.65. The number of nitrogens with one attached hydrogen (secondary N) is 1. The Labute approximate surface area is 178 Å². The maximum absolute atomic E-state index is 12.5. The molecular formula is C20H20N4O6S. The summed E-state index contributed by atoms with van der Waals surface area (Å²) in [7, 11) is -4.27. The van der Waals surface area contributed by atoms with Crippen molar-refractivity contribution in [3.63, 3.8) is 0 Å². The number of unbranched alkanes of at least 4 members (excludes halogenated alkanes) is 1. The van der Waals surface area contributed by atoms with Gasteiger partial charge in [0.25, 0.3) is 11.6 Å². The number of benzene rings is 2. The molecule has 0 spiro atoms. The first-order chi connectivity index (χ1) is 14.8. The predicted octanol–water partition coefficient (Wildman–Crippen LogP) is 3.61. The molecule has 0 saturated carbocycles. The second-order valence-corrected chi connectivity index (χ2v) is 8.11. The van der Waals surface area contributed by atoms with E-state index in [-0.39, 0.29) is 22.2 Å². The van der Waals surface area contributed by atoms with E-state index < -0.39 is 15.0 Å². The minimum Gasteiger partial charge on any atom is -0.379 e. The molecule has 0 aliphatic rings. The summed E-state index contributed by atoms with van der Waals surface area (Å²) < 4.78 is 31.5. The number of rotatable bonds is 9. The molecule has 3 rings (SSSR count). The zero-order valence-corrected chi connectivity index (χ0v) is 17.4. The van der Waals surface area contributed by atoms with Crippen molar-refractivity contribution in [3.05, 3.63) is 76.5 Å². The molecule has 0 radical (unpaired) electrons. The predicted molar refractivity (Wildman–Crippen MR) is 112 cm³/mol. The summed E-state index contributed by atoms with van der Waals surface area (Å²) in [5.41, 5.74) is -0.0711. The van der Waals surface area contributed by atoms with Crippen LogP contribution in [0.2, 0.25) is 0 Å². The molecule has 3 aromatic rings. The van der Waals surface area contributed by atoms with Gasteiger partial charge in [0.05, 0.1) is 11.1 Å². The van der Waals surface area contributed by atoms with Crippen LogP contribution < -0.4 is 9.50 Å². The van der Waals surface area contributed by atoms with Gasteiger partial charge in [-0.15, -0.1) is 0 Å². The van der Waals surface area contributed by atoms with E-state index in [4.69, 9.17) is 4.18 Å². The first kappa shape index (κ1) is 22.0. The van der Waals surface area contributed by atoms with Gasteiger partial charge < -0.3 is 9.50 Å². The quantitative estimate of drug-likeness (QED) is 0.303. The number of nitro groups is 1. The summed E-state index contributed by atoms with van der Waals surface area (Å²) in [5, 5.41) is 17.8. The van der Waals surface area contributed by atoms with Crippen LogP contribution in [0.15, 0.2) is 65.7 Å². The van der Waals surface area contributed by atoms with Gasteiger partial charge in [0.15, 0.2) is 0 Å². The van der Waals surface area contributed by atoms with Gasteiger partial charge in [-0.05, 0) is 36.8 Å². The second-order valence-electron chi connectivity index (χ2n) is 6.56. The van der Waals surface area contributed by atoms with Crippen LogP contribution in [0, 0.1) is 10.1 Å². The minimum atomic E-state index is -4.27. The van der Waals surface area contributed by atoms with Crippen molar-refractivity contribution in [2.45, 2.75) is 31.2 Å². The number of hydrogen-bond donors (Lipinski definition) is 1. The molecule has 1 N–H and O–H groups in total. The summed E-state index contributed by atoms with van der Waals surface area (Å²) >= 11 is 0. The highest BCUT2D eigenvalue weighted by molar-refractivity contribution is 7.87. The Bertz CT molecular complexity index is 1190. The van der Waals surface area contributed by atoms with Crippen molar-refractivity contribution in [1.82, 2.24) is 9.78 Å². The second kappa shape index (κ2) is 9.39. The smallest absolute Gasteiger partial charge is 0.339 e. The Morgan fingerprint density at radius 2 is 1.94 bits per heavy atom. The summed E-state index contributed by atoms with van der Waals surface area (Å²) in [4.78, 5) is 22.3. The molecule has 10 nitrogen and oxygen atoms in total. The van der Waals surface area contributed by atoms with Crippen molar-refractivity contribution in [1.29, 1.82) is 0 Å². The molecule has 11 heteroatoms. The van der Waals surface area contributed by atoms with E-state index in [9.17, 15) is 23.3 Å². The zero-order chi connectivity index (χ0) is 22.4. The third kappa shape index (κ3) is 5.45. The van der Waals surface area contributed by atoms with Gasteiger partial charge in [0.1, 0.15) is 16.5 Å². The van der Waals surface area contributed by atoms with Crippen LogP contribution >= 0.6 is 0 Å². The lowest BCUT2D eigenvalue weighted by Crippen LogP contribution is -2.16. The zero-order valence-electron chi connectivity index (χ0n) is 16.6. The molecule has 0 saturated heterocycles. The molecule has 0 fully saturated rings. The van der Waals surface area contributed by atoms with Crippen molar-refractivity contribution >= 4 is 27.5 Å². The first-order valence-electron chi connectivity index (χ1n) is 9.42. The molecule has 31 heavy (non-hydrogen) atoms. The van der Waals surface area contributed by atoms with E-state index in [0.29, 0.717) is 17.9 Å². The molecule has 1 aromatic heterocycles. The van der Waals surface area contributed by atoms with Crippen molar-refractivity contribution in [3.8, 4) is 5.75 Å². The van der Waals surface area contributed by atoms with E-state index in [1.54, 1.807) is 16.9 Å². The molecule has 162 valence electrons. The number of anilines is 1. The lowest BCUT2D eigenvalue weighted by Gasteiger charge is -2.10. The van der Waals surface area contributed by atoms with E-state index in [1.807, 2.05) is 0 Å². The lowest BCUT2D eigenvalue weighted by molar-refractivity contribution is -0.385. The Balaban J connectivity index is 1.70. The van der Waals surface area contributed by atoms with Crippen molar-refractivity contribution in [2.75, 3.05) is 5.32 Å². The molecule has 0 unspecified atom stereocenters. The van der Waals surface area contributed by atoms with Gasteiger partial charge in [0.2, 0.25) is 0 Å². The molecule has 2 aromatic carbocycles. The van der Waals surface area contributed by atoms with Gasteiger partial charge in [0, 0.05) is 30.3 Å². The number of carbonyl (C=O) groups excluding carboxylic acids is 1. The number of amides is 1. The van der Waals surface area contributed by atoms with Gasteiger partial charge in [-0.1, -0.05) is 19.4 Å². The maximum Gasteiger partial charge on any atom is 0.339 e. The molecule has 1 heterocycles.